The highest BCUT2D eigenvalue weighted by molar-refractivity contribution is 14.1. The predicted octanol–water partition coefficient (Wildman–Crippen LogP) is 5.10. The number of anilines is 1. The molecular weight excluding hydrogens is 573 g/mol. The van der Waals surface area contributed by atoms with Gasteiger partial charge in [-0.25, -0.2) is 9.59 Å². The second-order valence-electron chi connectivity index (χ2n) is 7.84. The van der Waals surface area contributed by atoms with Gasteiger partial charge in [-0.1, -0.05) is 48.5 Å². The number of carboxylic acid groups (broad SMARTS) is 1. The van der Waals surface area contributed by atoms with Gasteiger partial charge in [-0.3, -0.25) is 4.79 Å². The van der Waals surface area contributed by atoms with Crippen molar-refractivity contribution in [3.63, 3.8) is 0 Å². The lowest BCUT2D eigenvalue weighted by atomic mass is 9.98. The number of carbonyl (C=O) groups is 3. The Morgan fingerprint density at radius 1 is 0.971 bits per heavy atom. The van der Waals surface area contributed by atoms with Crippen molar-refractivity contribution in [2.45, 2.75) is 11.8 Å². The number of rotatable bonds is 7. The molecule has 1 aliphatic rings. The number of ether oxygens (including phenoxy) is 1. The zero-order chi connectivity index (χ0) is 25.2. The van der Waals surface area contributed by atoms with Gasteiger partial charge in [-0.05, 0) is 63.0 Å². The number of carbonyl (C=O) groups excluding carboxylic acids is 2. The molecule has 180 valence electrons. The van der Waals surface area contributed by atoms with Gasteiger partial charge in [0.15, 0.2) is 0 Å². The number of alkyl halides is 2. The van der Waals surface area contributed by atoms with Crippen LogP contribution in [0.3, 0.4) is 0 Å². The lowest BCUT2D eigenvalue weighted by Gasteiger charge is -2.18. The summed E-state index contributed by atoms with van der Waals surface area (Å²) in [5.41, 5.74) is 3.77. The number of fused-ring (bicyclic) bond motifs is 3. The number of amides is 2. The zero-order valence-electron chi connectivity index (χ0n) is 18.1. The monoisotopic (exact) mass is 592 g/mol. The van der Waals surface area contributed by atoms with Crippen molar-refractivity contribution in [3.05, 3.63) is 87.0 Å². The lowest BCUT2D eigenvalue weighted by Crippen LogP contribution is -2.45. The molecule has 0 aliphatic heterocycles. The van der Waals surface area contributed by atoms with E-state index in [4.69, 9.17) is 9.84 Å². The minimum Gasteiger partial charge on any atom is -0.478 e. The average molecular weight is 592 g/mol. The summed E-state index contributed by atoms with van der Waals surface area (Å²) in [6.45, 7) is -1.34. The molecule has 1 aliphatic carbocycles. The van der Waals surface area contributed by atoms with Crippen molar-refractivity contribution < 1.29 is 33.0 Å². The van der Waals surface area contributed by atoms with E-state index in [1.807, 2.05) is 59.2 Å². The molecule has 0 aromatic heterocycles. The first kappa shape index (κ1) is 24.6. The Morgan fingerprint density at radius 3 is 2.17 bits per heavy atom. The van der Waals surface area contributed by atoms with E-state index in [-0.39, 0.29) is 23.8 Å². The van der Waals surface area contributed by atoms with Crippen LogP contribution in [-0.4, -0.2) is 42.2 Å². The van der Waals surface area contributed by atoms with Gasteiger partial charge >= 0.3 is 18.0 Å². The van der Waals surface area contributed by atoms with Gasteiger partial charge < -0.3 is 20.5 Å². The molecule has 0 saturated heterocycles. The maximum absolute atomic E-state index is 14.4. The number of halogens is 3. The molecule has 0 heterocycles. The minimum atomic E-state index is -3.96. The Morgan fingerprint density at radius 2 is 1.57 bits per heavy atom. The maximum Gasteiger partial charge on any atom is 0.407 e. The van der Waals surface area contributed by atoms with Crippen molar-refractivity contribution in [2.24, 2.45) is 0 Å². The highest BCUT2D eigenvalue weighted by atomic mass is 127. The minimum absolute atomic E-state index is 0.0577. The normalized spacial score (nSPS) is 12.4. The number of nitrogens with one attached hydrogen (secondary N) is 2. The molecular formula is C25H19F2IN2O5. The quantitative estimate of drug-likeness (QED) is 0.332. The molecule has 3 aromatic carbocycles. The molecule has 3 aromatic rings. The van der Waals surface area contributed by atoms with Crippen molar-refractivity contribution in [1.29, 1.82) is 0 Å². The molecule has 0 spiro atoms. The van der Waals surface area contributed by atoms with Crippen LogP contribution in [0.15, 0.2) is 66.7 Å². The Balaban J connectivity index is 1.35. The third-order valence-electron chi connectivity index (χ3n) is 5.59. The largest absolute Gasteiger partial charge is 0.478 e. The molecule has 7 nitrogen and oxygen atoms in total. The fourth-order valence-corrected chi connectivity index (χ4v) is 4.35. The fraction of sp³-hybridized carbons (Fsp3) is 0.160. The predicted molar refractivity (Wildman–Crippen MR) is 133 cm³/mol. The summed E-state index contributed by atoms with van der Waals surface area (Å²) >= 11 is 1.78. The van der Waals surface area contributed by atoms with Crippen LogP contribution in [0.1, 0.15) is 27.4 Å². The fourth-order valence-electron chi connectivity index (χ4n) is 3.88. The topological polar surface area (TPSA) is 105 Å². The summed E-state index contributed by atoms with van der Waals surface area (Å²) in [6, 6.07) is 19.1. The molecule has 35 heavy (non-hydrogen) atoms. The molecule has 4 rings (SSSR count). The summed E-state index contributed by atoms with van der Waals surface area (Å²) in [5, 5.41) is 13.0. The highest BCUT2D eigenvalue weighted by Crippen LogP contribution is 2.44. The summed E-state index contributed by atoms with van der Waals surface area (Å²) < 4.78 is 34.4. The van der Waals surface area contributed by atoms with Crippen LogP contribution < -0.4 is 10.6 Å². The van der Waals surface area contributed by atoms with Crippen molar-refractivity contribution >= 4 is 46.2 Å². The first-order valence-electron chi connectivity index (χ1n) is 10.5. The molecule has 0 radical (unpaired) electrons. The van der Waals surface area contributed by atoms with Crippen molar-refractivity contribution in [2.75, 3.05) is 18.5 Å². The second kappa shape index (κ2) is 9.98. The Kier molecular flexibility index (Phi) is 7.01. The van der Waals surface area contributed by atoms with Crippen LogP contribution in [0.4, 0.5) is 19.3 Å². The molecule has 0 bridgehead atoms. The summed E-state index contributed by atoms with van der Waals surface area (Å²) in [4.78, 5) is 35.4. The number of hydrogen-bond donors (Lipinski definition) is 3. The molecule has 0 unspecified atom stereocenters. The summed E-state index contributed by atoms with van der Waals surface area (Å²) in [6.07, 6.45) is -1.08. The number of benzene rings is 3. The third kappa shape index (κ3) is 5.26. The van der Waals surface area contributed by atoms with Gasteiger partial charge in [0.1, 0.15) is 6.61 Å². The molecule has 2 amide bonds. The summed E-state index contributed by atoms with van der Waals surface area (Å²) in [5.74, 6) is -7.15. The first-order chi connectivity index (χ1) is 16.7. The van der Waals surface area contributed by atoms with Gasteiger partial charge in [0.2, 0.25) is 0 Å². The molecule has 10 heteroatoms. The van der Waals surface area contributed by atoms with Gasteiger partial charge in [-0.2, -0.15) is 8.78 Å². The molecule has 0 fully saturated rings. The van der Waals surface area contributed by atoms with Gasteiger partial charge in [-0.15, -0.1) is 0 Å². The standard InChI is InChI=1S/C25H19F2IN2O5/c26-25(27,23(33)30-21-11-14(22(31)32)9-10-20(21)28)13-29-24(34)35-12-19-17-7-3-1-5-15(17)16-6-2-4-8-18(16)19/h1-11,19H,12-13H2,(H,29,34)(H,30,33)(H,31,32). The molecule has 3 N–H and O–H groups in total. The smallest absolute Gasteiger partial charge is 0.407 e. The third-order valence-corrected chi connectivity index (χ3v) is 6.53. The number of alkyl carbamates (subject to hydrolysis) is 1. The van der Waals surface area contributed by atoms with Crippen LogP contribution in [0.2, 0.25) is 0 Å². The Hall–Kier alpha value is -3.54. The Labute approximate surface area is 212 Å². The van der Waals surface area contributed by atoms with Crippen LogP contribution in [-0.2, 0) is 9.53 Å². The van der Waals surface area contributed by atoms with Gasteiger partial charge in [0, 0.05) is 9.49 Å². The van der Waals surface area contributed by atoms with Crippen LogP contribution >= 0.6 is 22.6 Å². The average Bonchev–Trinajstić information content (AvgIpc) is 3.16. The van der Waals surface area contributed by atoms with Crippen LogP contribution in [0, 0.1) is 3.57 Å². The second-order valence-corrected chi connectivity index (χ2v) is 9.00. The number of hydrogen-bond acceptors (Lipinski definition) is 4. The molecule has 0 atom stereocenters. The SMILES string of the molecule is O=C(NCC(F)(F)C(=O)Nc1cc(C(=O)O)ccc1I)OCC1c2ccccc2-c2ccccc21. The zero-order valence-corrected chi connectivity index (χ0v) is 20.2. The van der Waals surface area contributed by atoms with Crippen LogP contribution in [0.25, 0.3) is 11.1 Å². The maximum atomic E-state index is 14.4. The van der Waals surface area contributed by atoms with E-state index >= 15 is 0 Å². The van der Waals surface area contributed by atoms with E-state index in [0.717, 1.165) is 28.3 Å². The van der Waals surface area contributed by atoms with E-state index in [2.05, 4.69) is 0 Å². The summed E-state index contributed by atoms with van der Waals surface area (Å²) in [7, 11) is 0. The lowest BCUT2D eigenvalue weighted by molar-refractivity contribution is -0.138. The van der Waals surface area contributed by atoms with E-state index in [0.29, 0.717) is 3.57 Å². The number of carboxylic acids is 1. The van der Waals surface area contributed by atoms with Gasteiger partial charge in [0.05, 0.1) is 17.8 Å². The molecule has 0 saturated carbocycles. The van der Waals surface area contributed by atoms with Crippen molar-refractivity contribution in [3.8, 4) is 11.1 Å². The van der Waals surface area contributed by atoms with Crippen LogP contribution in [0.5, 0.6) is 0 Å². The Bertz CT molecular complexity index is 1270. The van der Waals surface area contributed by atoms with E-state index in [9.17, 15) is 23.2 Å². The van der Waals surface area contributed by atoms with Gasteiger partial charge in [0.25, 0.3) is 5.91 Å². The highest BCUT2D eigenvalue weighted by Gasteiger charge is 2.40. The first-order valence-corrected chi connectivity index (χ1v) is 11.6. The van der Waals surface area contributed by atoms with E-state index in [1.54, 1.807) is 22.6 Å². The van der Waals surface area contributed by atoms with E-state index < -0.39 is 30.4 Å². The number of aromatic carboxylic acids is 1. The van der Waals surface area contributed by atoms with Crippen molar-refractivity contribution in [1.82, 2.24) is 5.32 Å². The van der Waals surface area contributed by atoms with E-state index in [1.165, 1.54) is 12.1 Å².